The number of aliphatic hydroxyl groups is 1. The van der Waals surface area contributed by atoms with Crippen LogP contribution in [0.4, 0.5) is 0 Å². The third kappa shape index (κ3) is 5.27. The molecule has 0 aliphatic carbocycles. The molecule has 0 bridgehead atoms. The SMILES string of the molecule is Cn1ccnc1SCC(O)COc1ccc(Oc2ccccc2)cc1. The van der Waals surface area contributed by atoms with E-state index in [2.05, 4.69) is 4.98 Å². The molecule has 3 aromatic rings. The van der Waals surface area contributed by atoms with E-state index in [0.717, 1.165) is 16.7 Å². The minimum Gasteiger partial charge on any atom is -0.491 e. The normalized spacial score (nSPS) is 11.9. The summed E-state index contributed by atoms with van der Waals surface area (Å²) in [7, 11) is 1.93. The van der Waals surface area contributed by atoms with E-state index in [9.17, 15) is 5.11 Å². The standard InChI is InChI=1S/C19H20N2O3S/c1-21-12-11-20-19(21)25-14-15(22)13-23-16-7-9-18(10-8-16)24-17-5-3-2-4-6-17/h2-12,15,22H,13-14H2,1H3. The van der Waals surface area contributed by atoms with Crippen molar-refractivity contribution in [3.8, 4) is 17.2 Å². The molecule has 25 heavy (non-hydrogen) atoms. The van der Waals surface area contributed by atoms with E-state index in [1.165, 1.54) is 11.8 Å². The number of para-hydroxylation sites is 1. The van der Waals surface area contributed by atoms with Crippen LogP contribution in [0.3, 0.4) is 0 Å². The van der Waals surface area contributed by atoms with Crippen molar-refractivity contribution in [2.75, 3.05) is 12.4 Å². The Kier molecular flexibility index (Phi) is 5.98. The molecule has 1 heterocycles. The first-order chi connectivity index (χ1) is 12.2. The number of aryl methyl sites for hydroxylation is 1. The average molecular weight is 356 g/mol. The molecule has 1 unspecified atom stereocenters. The largest absolute Gasteiger partial charge is 0.491 e. The molecule has 0 aliphatic heterocycles. The van der Waals surface area contributed by atoms with Gasteiger partial charge in [-0.05, 0) is 36.4 Å². The second kappa shape index (κ2) is 8.60. The lowest BCUT2D eigenvalue weighted by Crippen LogP contribution is -2.20. The zero-order chi connectivity index (χ0) is 17.5. The molecule has 1 N–H and O–H groups in total. The van der Waals surface area contributed by atoms with Gasteiger partial charge in [-0.3, -0.25) is 0 Å². The summed E-state index contributed by atoms with van der Waals surface area (Å²) in [4.78, 5) is 4.21. The van der Waals surface area contributed by atoms with Crippen molar-refractivity contribution in [3.63, 3.8) is 0 Å². The Labute approximate surface area is 151 Å². The van der Waals surface area contributed by atoms with Crippen molar-refractivity contribution in [2.45, 2.75) is 11.3 Å². The van der Waals surface area contributed by atoms with Gasteiger partial charge in [-0.1, -0.05) is 30.0 Å². The molecule has 3 rings (SSSR count). The molecule has 0 amide bonds. The predicted molar refractivity (Wildman–Crippen MR) is 98.4 cm³/mol. The number of aromatic nitrogens is 2. The highest BCUT2D eigenvalue weighted by Gasteiger charge is 2.09. The quantitative estimate of drug-likeness (QED) is 0.623. The van der Waals surface area contributed by atoms with Gasteiger partial charge in [0, 0.05) is 25.2 Å². The maximum absolute atomic E-state index is 10.0. The highest BCUT2D eigenvalue weighted by atomic mass is 32.2. The molecule has 1 aromatic heterocycles. The molecule has 0 radical (unpaired) electrons. The number of hydrogen-bond acceptors (Lipinski definition) is 5. The van der Waals surface area contributed by atoms with Crippen LogP contribution in [0.15, 0.2) is 72.1 Å². The van der Waals surface area contributed by atoms with Crippen molar-refractivity contribution < 1.29 is 14.6 Å². The van der Waals surface area contributed by atoms with Gasteiger partial charge in [0.1, 0.15) is 23.9 Å². The minimum atomic E-state index is -0.568. The number of aliphatic hydroxyl groups excluding tert-OH is 1. The first-order valence-corrected chi connectivity index (χ1v) is 8.93. The predicted octanol–water partition coefficient (Wildman–Crippen LogP) is 3.74. The zero-order valence-corrected chi connectivity index (χ0v) is 14.7. The van der Waals surface area contributed by atoms with E-state index < -0.39 is 6.10 Å². The molecular formula is C19H20N2O3S. The van der Waals surface area contributed by atoms with Crippen LogP contribution in [0.25, 0.3) is 0 Å². The topological polar surface area (TPSA) is 56.5 Å². The van der Waals surface area contributed by atoms with Crippen LogP contribution >= 0.6 is 11.8 Å². The molecule has 5 nitrogen and oxygen atoms in total. The van der Waals surface area contributed by atoms with Crippen molar-refractivity contribution >= 4 is 11.8 Å². The van der Waals surface area contributed by atoms with Gasteiger partial charge >= 0.3 is 0 Å². The Bertz CT molecular complexity index is 775. The smallest absolute Gasteiger partial charge is 0.167 e. The van der Waals surface area contributed by atoms with Crippen molar-refractivity contribution in [1.29, 1.82) is 0 Å². The van der Waals surface area contributed by atoms with Gasteiger partial charge < -0.3 is 19.1 Å². The molecule has 1 atom stereocenters. The second-order valence-corrected chi connectivity index (χ2v) is 6.47. The Hall–Kier alpha value is -2.44. The molecule has 2 aromatic carbocycles. The Morgan fingerprint density at radius 2 is 1.72 bits per heavy atom. The van der Waals surface area contributed by atoms with Gasteiger partial charge in [0.05, 0.1) is 6.10 Å². The van der Waals surface area contributed by atoms with Gasteiger partial charge in [0.2, 0.25) is 0 Å². The molecule has 0 saturated heterocycles. The summed E-state index contributed by atoms with van der Waals surface area (Å²) in [5, 5.41) is 10.9. The number of imidazole rings is 1. The Morgan fingerprint density at radius 1 is 1.04 bits per heavy atom. The van der Waals surface area contributed by atoms with E-state index in [0.29, 0.717) is 11.5 Å². The van der Waals surface area contributed by atoms with Gasteiger partial charge in [0.25, 0.3) is 0 Å². The fourth-order valence-electron chi connectivity index (χ4n) is 2.13. The summed E-state index contributed by atoms with van der Waals surface area (Å²) in [6.45, 7) is 0.232. The van der Waals surface area contributed by atoms with Crippen molar-refractivity contribution in [3.05, 3.63) is 67.0 Å². The van der Waals surface area contributed by atoms with Gasteiger partial charge in [0.15, 0.2) is 5.16 Å². The molecule has 0 spiro atoms. The number of ether oxygens (including phenoxy) is 2. The van der Waals surface area contributed by atoms with Crippen LogP contribution < -0.4 is 9.47 Å². The Morgan fingerprint density at radius 3 is 2.40 bits per heavy atom. The third-order valence-electron chi connectivity index (χ3n) is 3.43. The van der Waals surface area contributed by atoms with Crippen LogP contribution in [0, 0.1) is 0 Å². The minimum absolute atomic E-state index is 0.232. The number of nitrogens with zero attached hydrogens (tertiary/aromatic N) is 2. The zero-order valence-electron chi connectivity index (χ0n) is 13.9. The lowest BCUT2D eigenvalue weighted by Gasteiger charge is -2.12. The fraction of sp³-hybridized carbons (Fsp3) is 0.211. The third-order valence-corrected chi connectivity index (χ3v) is 4.63. The molecule has 0 aliphatic rings. The van der Waals surface area contributed by atoms with Crippen LogP contribution in [-0.4, -0.2) is 33.1 Å². The van der Waals surface area contributed by atoms with Gasteiger partial charge in [-0.25, -0.2) is 4.98 Å². The van der Waals surface area contributed by atoms with E-state index in [1.807, 2.05) is 72.4 Å². The maximum atomic E-state index is 10.0. The molecule has 130 valence electrons. The summed E-state index contributed by atoms with van der Waals surface area (Å²) in [6.07, 6.45) is 3.05. The maximum Gasteiger partial charge on any atom is 0.167 e. The summed E-state index contributed by atoms with van der Waals surface area (Å²) in [6, 6.07) is 17.0. The highest BCUT2D eigenvalue weighted by Crippen LogP contribution is 2.23. The summed E-state index contributed by atoms with van der Waals surface area (Å²) in [5.41, 5.74) is 0. The van der Waals surface area contributed by atoms with Crippen LogP contribution in [0.1, 0.15) is 0 Å². The summed E-state index contributed by atoms with van der Waals surface area (Å²) < 4.78 is 13.3. The molecule has 0 saturated carbocycles. The van der Waals surface area contributed by atoms with E-state index >= 15 is 0 Å². The monoisotopic (exact) mass is 356 g/mol. The summed E-state index contributed by atoms with van der Waals surface area (Å²) in [5.74, 6) is 2.75. The van der Waals surface area contributed by atoms with E-state index in [-0.39, 0.29) is 6.61 Å². The summed E-state index contributed by atoms with van der Waals surface area (Å²) >= 11 is 1.50. The number of benzene rings is 2. The number of rotatable bonds is 8. The lowest BCUT2D eigenvalue weighted by molar-refractivity contribution is 0.126. The van der Waals surface area contributed by atoms with Crippen LogP contribution in [0.5, 0.6) is 17.2 Å². The second-order valence-electron chi connectivity index (χ2n) is 5.48. The first kappa shape index (κ1) is 17.4. The lowest BCUT2D eigenvalue weighted by atomic mass is 10.3. The fourth-order valence-corrected chi connectivity index (χ4v) is 2.97. The molecule has 6 heteroatoms. The average Bonchev–Trinajstić information content (AvgIpc) is 3.05. The molecule has 0 fully saturated rings. The van der Waals surface area contributed by atoms with Crippen LogP contribution in [0.2, 0.25) is 0 Å². The number of thioether (sulfide) groups is 1. The van der Waals surface area contributed by atoms with Crippen molar-refractivity contribution in [1.82, 2.24) is 9.55 Å². The van der Waals surface area contributed by atoms with E-state index in [4.69, 9.17) is 9.47 Å². The highest BCUT2D eigenvalue weighted by molar-refractivity contribution is 7.99. The van der Waals surface area contributed by atoms with E-state index in [1.54, 1.807) is 6.20 Å². The molecular weight excluding hydrogens is 336 g/mol. The Balaban J connectivity index is 1.44. The van der Waals surface area contributed by atoms with Crippen molar-refractivity contribution in [2.24, 2.45) is 7.05 Å². The van der Waals surface area contributed by atoms with Gasteiger partial charge in [-0.2, -0.15) is 0 Å². The van der Waals surface area contributed by atoms with Gasteiger partial charge in [-0.15, -0.1) is 0 Å². The number of hydrogen-bond donors (Lipinski definition) is 1. The first-order valence-electron chi connectivity index (χ1n) is 7.94. The van der Waals surface area contributed by atoms with Crippen LogP contribution in [-0.2, 0) is 7.05 Å².